The van der Waals surface area contributed by atoms with Crippen molar-refractivity contribution in [1.29, 1.82) is 0 Å². The van der Waals surface area contributed by atoms with Gasteiger partial charge in [-0.25, -0.2) is 0 Å². The first kappa shape index (κ1) is 37.7. The van der Waals surface area contributed by atoms with Crippen molar-refractivity contribution in [2.24, 2.45) is 0 Å². The Balaban J connectivity index is 0.00000497. The minimum Gasteiger partial charge on any atom is -0.494 e. The molecule has 0 saturated carbocycles. The largest absolute Gasteiger partial charge is 0.494 e. The molecule has 0 aliphatic heterocycles. The molecule has 0 spiro atoms. The number of nitrogens with one attached hydrogen (secondary N) is 1. The highest BCUT2D eigenvalue weighted by molar-refractivity contribution is 7.59. The standard InChI is InChI=1S/C51H45NO.H2S/c1-5-6-9-17-37(2)45-30-31-48(47-25-15-14-24-46(47)40-18-10-7-11-19-40)50(53-4)49(45)52-44-28-26-38(27-29-44)41-20-16-21-42(36-41)39-32-34-51(3,35-33-39)43-22-12-8-13-23-43;/h5-34,36,52H,2,35H2,1,3-4H3;1H2/b6-5-,17-9-;. The predicted molar refractivity (Wildman–Crippen MR) is 238 cm³/mol. The van der Waals surface area contributed by atoms with E-state index in [1.807, 2.05) is 37.3 Å². The van der Waals surface area contributed by atoms with Crippen LogP contribution in [0.4, 0.5) is 11.4 Å². The van der Waals surface area contributed by atoms with E-state index < -0.39 is 0 Å². The van der Waals surface area contributed by atoms with Crippen LogP contribution < -0.4 is 10.1 Å². The second-order valence-corrected chi connectivity index (χ2v) is 13.7. The molecule has 0 amide bonds. The van der Waals surface area contributed by atoms with Crippen molar-refractivity contribution in [2.75, 3.05) is 12.4 Å². The maximum absolute atomic E-state index is 6.26. The van der Waals surface area contributed by atoms with Crippen LogP contribution in [0.1, 0.15) is 37.0 Å². The summed E-state index contributed by atoms with van der Waals surface area (Å²) in [4.78, 5) is 0. The summed E-state index contributed by atoms with van der Waals surface area (Å²) in [5.41, 5.74) is 14.3. The van der Waals surface area contributed by atoms with Gasteiger partial charge in [0.25, 0.3) is 0 Å². The molecule has 54 heavy (non-hydrogen) atoms. The van der Waals surface area contributed by atoms with E-state index in [4.69, 9.17) is 4.74 Å². The van der Waals surface area contributed by atoms with E-state index in [0.29, 0.717) is 0 Å². The Kier molecular flexibility index (Phi) is 12.0. The normalized spacial score (nSPS) is 15.1. The third-order valence-corrected chi connectivity index (χ3v) is 10.1. The van der Waals surface area contributed by atoms with Crippen LogP contribution >= 0.6 is 13.5 Å². The predicted octanol–water partition coefficient (Wildman–Crippen LogP) is 14.0. The summed E-state index contributed by atoms with van der Waals surface area (Å²) in [6.07, 6.45) is 16.0. The fourth-order valence-electron chi connectivity index (χ4n) is 7.11. The molecule has 3 heteroatoms. The van der Waals surface area contributed by atoms with E-state index in [1.54, 1.807) is 7.11 Å². The fourth-order valence-corrected chi connectivity index (χ4v) is 7.11. The lowest BCUT2D eigenvalue weighted by Gasteiger charge is -2.29. The van der Waals surface area contributed by atoms with Gasteiger partial charge in [-0.2, -0.15) is 13.5 Å². The van der Waals surface area contributed by atoms with Gasteiger partial charge in [0.15, 0.2) is 5.75 Å². The van der Waals surface area contributed by atoms with Gasteiger partial charge in [-0.15, -0.1) is 0 Å². The van der Waals surface area contributed by atoms with E-state index in [0.717, 1.165) is 62.5 Å². The van der Waals surface area contributed by atoms with E-state index in [1.165, 1.54) is 22.3 Å². The van der Waals surface area contributed by atoms with Gasteiger partial charge in [0.05, 0.1) is 12.8 Å². The first-order valence-electron chi connectivity index (χ1n) is 18.2. The Labute approximate surface area is 328 Å². The van der Waals surface area contributed by atoms with E-state index in [9.17, 15) is 0 Å². The van der Waals surface area contributed by atoms with Crippen LogP contribution in [-0.2, 0) is 5.41 Å². The monoisotopic (exact) mass is 721 g/mol. The molecule has 0 saturated heterocycles. The molecule has 7 rings (SSSR count). The van der Waals surface area contributed by atoms with Crippen LogP contribution in [0.2, 0.25) is 0 Å². The van der Waals surface area contributed by atoms with Crippen LogP contribution in [0.25, 0.3) is 44.5 Å². The minimum atomic E-state index is 0. The summed E-state index contributed by atoms with van der Waals surface area (Å²) >= 11 is 0. The fraction of sp³-hybridized carbons (Fsp3) is 0.0980. The minimum absolute atomic E-state index is 0. The maximum atomic E-state index is 6.26. The molecule has 0 heterocycles. The molecule has 0 aromatic heterocycles. The van der Waals surface area contributed by atoms with Crippen molar-refractivity contribution >= 4 is 36.0 Å². The highest BCUT2D eigenvalue weighted by Crippen LogP contribution is 2.45. The summed E-state index contributed by atoms with van der Waals surface area (Å²) in [7, 11) is 1.74. The van der Waals surface area contributed by atoms with Gasteiger partial charge in [-0.3, -0.25) is 0 Å². The van der Waals surface area contributed by atoms with Crippen LogP contribution in [0.15, 0.2) is 195 Å². The molecular weight excluding hydrogens is 675 g/mol. The van der Waals surface area contributed by atoms with Crippen molar-refractivity contribution in [3.05, 3.63) is 211 Å². The number of rotatable bonds is 11. The zero-order valence-electron chi connectivity index (χ0n) is 31.2. The zero-order chi connectivity index (χ0) is 36.6. The van der Waals surface area contributed by atoms with E-state index in [-0.39, 0.29) is 18.9 Å². The molecule has 0 fully saturated rings. The molecule has 0 bridgehead atoms. The smallest absolute Gasteiger partial charge is 0.150 e. The quantitative estimate of drug-likeness (QED) is 0.135. The summed E-state index contributed by atoms with van der Waals surface area (Å²) < 4.78 is 6.26. The summed E-state index contributed by atoms with van der Waals surface area (Å²) in [6.45, 7) is 8.76. The second-order valence-electron chi connectivity index (χ2n) is 13.7. The molecule has 1 atom stereocenters. The van der Waals surface area contributed by atoms with Crippen molar-refractivity contribution in [3.8, 4) is 39.1 Å². The number of anilines is 2. The van der Waals surface area contributed by atoms with Gasteiger partial charge < -0.3 is 10.1 Å². The van der Waals surface area contributed by atoms with Gasteiger partial charge in [-0.05, 0) is 87.7 Å². The lowest BCUT2D eigenvalue weighted by molar-refractivity contribution is 0.418. The second kappa shape index (κ2) is 17.2. The lowest BCUT2D eigenvalue weighted by atomic mass is 9.75. The highest BCUT2D eigenvalue weighted by atomic mass is 32.1. The topological polar surface area (TPSA) is 21.3 Å². The van der Waals surface area contributed by atoms with Crippen LogP contribution in [-0.4, -0.2) is 7.11 Å². The van der Waals surface area contributed by atoms with Crippen molar-refractivity contribution in [2.45, 2.75) is 25.7 Å². The molecule has 1 N–H and O–H groups in total. The Hall–Kier alpha value is -6.03. The third kappa shape index (κ3) is 8.12. The number of benzene rings is 6. The summed E-state index contributed by atoms with van der Waals surface area (Å²) in [5, 5.41) is 3.74. The molecule has 268 valence electrons. The third-order valence-electron chi connectivity index (χ3n) is 10.1. The molecule has 1 aliphatic carbocycles. The van der Waals surface area contributed by atoms with Crippen LogP contribution in [0.3, 0.4) is 0 Å². The average molecular weight is 722 g/mol. The van der Waals surface area contributed by atoms with Gasteiger partial charge in [0.2, 0.25) is 0 Å². The Bertz CT molecular complexity index is 2350. The molecule has 1 aliphatic rings. The summed E-state index contributed by atoms with van der Waals surface area (Å²) in [6, 6.07) is 51.5. The number of allylic oxidation sites excluding steroid dienone is 9. The van der Waals surface area contributed by atoms with Gasteiger partial charge in [0.1, 0.15) is 0 Å². The van der Waals surface area contributed by atoms with Gasteiger partial charge >= 0.3 is 0 Å². The Morgan fingerprint density at radius 1 is 0.685 bits per heavy atom. The SMILES string of the molecule is C=C(/C=C\C=C/C)c1ccc(-c2ccccc2-c2ccccc2)c(OC)c1Nc1ccc(-c2cccc(C3=CCC(C)(c4ccccc4)C=C3)c2)cc1.S. The zero-order valence-corrected chi connectivity index (χ0v) is 32.2. The number of hydrogen-bond acceptors (Lipinski definition) is 2. The molecule has 2 nitrogen and oxygen atoms in total. The molecule has 0 radical (unpaired) electrons. The highest BCUT2D eigenvalue weighted by Gasteiger charge is 2.25. The van der Waals surface area contributed by atoms with Crippen molar-refractivity contribution in [3.63, 3.8) is 0 Å². The van der Waals surface area contributed by atoms with Gasteiger partial charge in [-0.1, -0.05) is 177 Å². The Morgan fingerprint density at radius 2 is 1.35 bits per heavy atom. The number of methoxy groups -OCH3 is 1. The first-order valence-corrected chi connectivity index (χ1v) is 18.2. The molecule has 6 aromatic rings. The molecule has 1 unspecified atom stereocenters. The Morgan fingerprint density at radius 3 is 2.04 bits per heavy atom. The maximum Gasteiger partial charge on any atom is 0.150 e. The number of hydrogen-bond donors (Lipinski definition) is 1. The van der Waals surface area contributed by atoms with E-state index in [2.05, 4.69) is 177 Å². The van der Waals surface area contributed by atoms with Crippen LogP contribution in [0.5, 0.6) is 5.75 Å². The molecule has 6 aromatic carbocycles. The first-order chi connectivity index (χ1) is 26.0. The number of ether oxygens (including phenoxy) is 1. The van der Waals surface area contributed by atoms with E-state index >= 15 is 0 Å². The lowest BCUT2D eigenvalue weighted by Crippen LogP contribution is -2.19. The van der Waals surface area contributed by atoms with Gasteiger partial charge in [0, 0.05) is 22.2 Å². The summed E-state index contributed by atoms with van der Waals surface area (Å²) in [5.74, 6) is 0.764. The van der Waals surface area contributed by atoms with Crippen molar-refractivity contribution in [1.82, 2.24) is 0 Å². The van der Waals surface area contributed by atoms with Crippen molar-refractivity contribution < 1.29 is 4.74 Å². The molecular formula is C51H47NOS. The van der Waals surface area contributed by atoms with Crippen LogP contribution in [0, 0.1) is 0 Å². The average Bonchev–Trinajstić information content (AvgIpc) is 3.22.